The van der Waals surface area contributed by atoms with Gasteiger partial charge in [-0.2, -0.15) is 5.10 Å². The van der Waals surface area contributed by atoms with E-state index in [-0.39, 0.29) is 24.4 Å². The van der Waals surface area contributed by atoms with Crippen molar-refractivity contribution < 1.29 is 9.18 Å². The maximum Gasteiger partial charge on any atom is 0.251 e. The summed E-state index contributed by atoms with van der Waals surface area (Å²) in [7, 11) is 0. The second-order valence-electron chi connectivity index (χ2n) is 6.00. The van der Waals surface area contributed by atoms with Crippen LogP contribution in [0.3, 0.4) is 0 Å². The van der Waals surface area contributed by atoms with Gasteiger partial charge in [0.1, 0.15) is 11.5 Å². The molecule has 5 nitrogen and oxygen atoms in total. The summed E-state index contributed by atoms with van der Waals surface area (Å²) in [4.78, 5) is 12.3. The molecule has 2 aromatic rings. The van der Waals surface area contributed by atoms with Gasteiger partial charge in [-0.15, -0.1) is 12.4 Å². The van der Waals surface area contributed by atoms with Crippen molar-refractivity contribution in [1.82, 2.24) is 20.4 Å². The van der Waals surface area contributed by atoms with Crippen molar-refractivity contribution in [3.63, 3.8) is 0 Å². The van der Waals surface area contributed by atoms with Crippen LogP contribution in [-0.2, 0) is 0 Å². The molecule has 2 N–H and O–H groups in total. The summed E-state index contributed by atoms with van der Waals surface area (Å²) < 4.78 is 16.0. The van der Waals surface area contributed by atoms with Crippen LogP contribution in [0, 0.1) is 19.7 Å². The highest BCUT2D eigenvalue weighted by molar-refractivity contribution is 5.94. The van der Waals surface area contributed by atoms with Gasteiger partial charge in [0, 0.05) is 17.3 Å². The Hall–Kier alpha value is -1.92. The molecule has 0 bridgehead atoms. The highest BCUT2D eigenvalue weighted by Crippen LogP contribution is 2.18. The molecule has 0 saturated carbocycles. The minimum atomic E-state index is -0.450. The number of aryl methyl sites for hydroxylation is 2. The lowest BCUT2D eigenvalue weighted by Crippen LogP contribution is -2.42. The summed E-state index contributed by atoms with van der Waals surface area (Å²) in [5.74, 6) is -0.676. The molecular weight excluding hydrogens is 331 g/mol. The summed E-state index contributed by atoms with van der Waals surface area (Å²) in [6.45, 7) is 5.53. The van der Waals surface area contributed by atoms with Gasteiger partial charge < -0.3 is 10.6 Å². The van der Waals surface area contributed by atoms with E-state index >= 15 is 0 Å². The molecular formula is C17H22ClFN4O. The van der Waals surface area contributed by atoms with Gasteiger partial charge >= 0.3 is 0 Å². The third-order valence-corrected chi connectivity index (χ3v) is 4.12. The Bertz CT molecular complexity index is 725. The van der Waals surface area contributed by atoms with E-state index in [1.54, 1.807) is 16.8 Å². The first-order valence-corrected chi connectivity index (χ1v) is 7.89. The molecule has 0 atom stereocenters. The fourth-order valence-corrected chi connectivity index (χ4v) is 2.93. The van der Waals surface area contributed by atoms with E-state index in [9.17, 15) is 9.18 Å². The van der Waals surface area contributed by atoms with Crippen molar-refractivity contribution in [2.24, 2.45) is 0 Å². The van der Waals surface area contributed by atoms with Crippen molar-refractivity contribution >= 4 is 18.3 Å². The van der Waals surface area contributed by atoms with E-state index < -0.39 is 5.82 Å². The van der Waals surface area contributed by atoms with Gasteiger partial charge in [-0.05, 0) is 64.0 Å². The van der Waals surface area contributed by atoms with Crippen LogP contribution in [0.15, 0.2) is 24.3 Å². The fraction of sp³-hybridized carbons (Fsp3) is 0.412. The van der Waals surface area contributed by atoms with Crippen molar-refractivity contribution in [3.8, 4) is 5.69 Å². The summed E-state index contributed by atoms with van der Waals surface area (Å²) in [6.07, 6.45) is 1.80. The van der Waals surface area contributed by atoms with Gasteiger partial charge in [0.25, 0.3) is 5.91 Å². The zero-order valence-corrected chi connectivity index (χ0v) is 14.6. The van der Waals surface area contributed by atoms with E-state index in [0.29, 0.717) is 11.3 Å². The molecule has 1 fully saturated rings. The number of halogens is 2. The standard InChI is InChI=1S/C17H21FN4O.ClH/c1-11-9-12(2)22(21-11)16-4-3-13(10-15(16)18)17(23)20-14-5-7-19-8-6-14;/h3-4,9-10,14,19H,5-8H2,1-2H3,(H,20,23);1H. The molecule has 0 spiro atoms. The third kappa shape index (κ3) is 3.94. The van der Waals surface area contributed by atoms with Crippen molar-refractivity contribution in [1.29, 1.82) is 0 Å². The number of aromatic nitrogens is 2. The highest BCUT2D eigenvalue weighted by Gasteiger charge is 2.18. The van der Waals surface area contributed by atoms with E-state index in [2.05, 4.69) is 15.7 Å². The summed E-state index contributed by atoms with van der Waals surface area (Å²) >= 11 is 0. The molecule has 0 unspecified atom stereocenters. The number of carbonyl (C=O) groups excluding carboxylic acids is 1. The molecule has 3 rings (SSSR count). The number of piperidine rings is 1. The quantitative estimate of drug-likeness (QED) is 0.892. The maximum absolute atomic E-state index is 14.4. The topological polar surface area (TPSA) is 59.0 Å². The number of carbonyl (C=O) groups is 1. The predicted octanol–water partition coefficient (Wildman–Crippen LogP) is 2.53. The molecule has 2 heterocycles. The van der Waals surface area contributed by atoms with Gasteiger partial charge in [-0.3, -0.25) is 4.79 Å². The van der Waals surface area contributed by atoms with Crippen LogP contribution in [0.2, 0.25) is 0 Å². The number of nitrogens with one attached hydrogen (secondary N) is 2. The summed E-state index contributed by atoms with van der Waals surface area (Å²) in [6, 6.07) is 6.57. The smallest absolute Gasteiger partial charge is 0.251 e. The first-order chi connectivity index (χ1) is 11.0. The fourth-order valence-electron chi connectivity index (χ4n) is 2.93. The number of amides is 1. The molecule has 1 aliphatic rings. The van der Waals surface area contributed by atoms with E-state index in [1.807, 2.05) is 19.9 Å². The summed E-state index contributed by atoms with van der Waals surface area (Å²) in [5.41, 5.74) is 2.38. The van der Waals surface area contributed by atoms with Crippen LogP contribution >= 0.6 is 12.4 Å². The molecule has 24 heavy (non-hydrogen) atoms. The Labute approximate surface area is 147 Å². The minimum Gasteiger partial charge on any atom is -0.349 e. The zero-order chi connectivity index (χ0) is 16.4. The molecule has 1 saturated heterocycles. The zero-order valence-electron chi connectivity index (χ0n) is 13.8. The Morgan fingerprint density at radius 3 is 2.58 bits per heavy atom. The van der Waals surface area contributed by atoms with Crippen LogP contribution < -0.4 is 10.6 Å². The SMILES string of the molecule is Cc1cc(C)n(-c2ccc(C(=O)NC3CCNCC3)cc2F)n1.Cl. The van der Waals surface area contributed by atoms with Gasteiger partial charge in [-0.1, -0.05) is 0 Å². The lowest BCUT2D eigenvalue weighted by molar-refractivity contribution is 0.0929. The van der Waals surface area contributed by atoms with E-state index in [0.717, 1.165) is 37.3 Å². The van der Waals surface area contributed by atoms with Crippen LogP contribution in [-0.4, -0.2) is 34.8 Å². The highest BCUT2D eigenvalue weighted by atomic mass is 35.5. The van der Waals surface area contributed by atoms with Crippen molar-refractivity contribution in [2.45, 2.75) is 32.7 Å². The maximum atomic E-state index is 14.4. The van der Waals surface area contributed by atoms with Crippen LogP contribution in [0.5, 0.6) is 0 Å². The number of rotatable bonds is 3. The number of nitrogens with zero attached hydrogens (tertiary/aromatic N) is 2. The number of hydrogen-bond acceptors (Lipinski definition) is 3. The van der Waals surface area contributed by atoms with Gasteiger partial charge in [0.05, 0.1) is 5.69 Å². The lowest BCUT2D eigenvalue weighted by atomic mass is 10.1. The molecule has 0 aliphatic carbocycles. The van der Waals surface area contributed by atoms with E-state index in [4.69, 9.17) is 0 Å². The second kappa shape index (κ2) is 7.77. The van der Waals surface area contributed by atoms with Crippen molar-refractivity contribution in [2.75, 3.05) is 13.1 Å². The number of benzene rings is 1. The largest absolute Gasteiger partial charge is 0.349 e. The lowest BCUT2D eigenvalue weighted by Gasteiger charge is -2.23. The summed E-state index contributed by atoms with van der Waals surface area (Å²) in [5, 5.41) is 10.5. The number of hydrogen-bond donors (Lipinski definition) is 2. The van der Waals surface area contributed by atoms with Crippen molar-refractivity contribution in [3.05, 3.63) is 47.0 Å². The average molecular weight is 353 g/mol. The van der Waals surface area contributed by atoms with E-state index in [1.165, 1.54) is 6.07 Å². The van der Waals surface area contributed by atoms with Gasteiger partial charge in [0.2, 0.25) is 0 Å². The molecule has 0 radical (unpaired) electrons. The van der Waals surface area contributed by atoms with Crippen LogP contribution in [0.25, 0.3) is 5.69 Å². The monoisotopic (exact) mass is 352 g/mol. The molecule has 1 aliphatic heterocycles. The Morgan fingerprint density at radius 1 is 1.29 bits per heavy atom. The van der Waals surface area contributed by atoms with Gasteiger partial charge in [0.15, 0.2) is 0 Å². The Kier molecular flexibility index (Phi) is 5.96. The van der Waals surface area contributed by atoms with Gasteiger partial charge in [-0.25, -0.2) is 9.07 Å². The third-order valence-electron chi connectivity index (χ3n) is 4.12. The van der Waals surface area contributed by atoms with Crippen LogP contribution in [0.4, 0.5) is 4.39 Å². The predicted molar refractivity (Wildman–Crippen MR) is 93.6 cm³/mol. The molecule has 1 aromatic carbocycles. The molecule has 1 amide bonds. The second-order valence-corrected chi connectivity index (χ2v) is 6.00. The molecule has 7 heteroatoms. The Balaban J connectivity index is 0.00000208. The first-order valence-electron chi connectivity index (χ1n) is 7.89. The molecule has 130 valence electrons. The average Bonchev–Trinajstić information content (AvgIpc) is 2.86. The normalized spacial score (nSPS) is 15.0. The Morgan fingerprint density at radius 2 is 2.00 bits per heavy atom. The van der Waals surface area contributed by atoms with Crippen LogP contribution in [0.1, 0.15) is 34.6 Å². The minimum absolute atomic E-state index is 0. The molecule has 1 aromatic heterocycles. The first kappa shape index (κ1) is 18.4.